The summed E-state index contributed by atoms with van der Waals surface area (Å²) in [4.78, 5) is 39.3. The first kappa shape index (κ1) is 24.7. The number of hydrogen-bond donors (Lipinski definition) is 1. The molecular formula is C26H25N3O7. The second-order valence-electron chi connectivity index (χ2n) is 7.98. The lowest BCUT2D eigenvalue weighted by Gasteiger charge is -2.28. The van der Waals surface area contributed by atoms with E-state index in [0.29, 0.717) is 49.0 Å². The molecule has 0 radical (unpaired) electrons. The van der Waals surface area contributed by atoms with Crippen LogP contribution in [0.3, 0.4) is 0 Å². The fraction of sp³-hybridized carbons (Fsp3) is 0.231. The molecule has 36 heavy (non-hydrogen) atoms. The number of carbonyl (C=O) groups excluding carboxylic acids is 2. The molecule has 1 N–H and O–H groups in total. The second kappa shape index (κ2) is 11.3. The van der Waals surface area contributed by atoms with Gasteiger partial charge in [-0.2, -0.15) is 0 Å². The maximum Gasteiger partial charge on any atom is 0.339 e. The van der Waals surface area contributed by atoms with Gasteiger partial charge in [-0.1, -0.05) is 36.4 Å². The molecule has 0 saturated carbocycles. The molecule has 10 heteroatoms. The summed E-state index contributed by atoms with van der Waals surface area (Å²) in [6.07, 6.45) is -1.29. The van der Waals surface area contributed by atoms with Crippen LogP contribution >= 0.6 is 0 Å². The minimum Gasteiger partial charge on any atom is -0.497 e. The number of anilines is 2. The van der Waals surface area contributed by atoms with Crippen molar-refractivity contribution in [3.63, 3.8) is 0 Å². The predicted molar refractivity (Wildman–Crippen MR) is 132 cm³/mol. The van der Waals surface area contributed by atoms with Crippen LogP contribution in [-0.4, -0.2) is 50.2 Å². The Kier molecular flexibility index (Phi) is 7.76. The third-order valence-electron chi connectivity index (χ3n) is 5.66. The summed E-state index contributed by atoms with van der Waals surface area (Å²) in [5.41, 5.74) is 1.06. The largest absolute Gasteiger partial charge is 0.497 e. The summed E-state index contributed by atoms with van der Waals surface area (Å²) in [6, 6.07) is 19.5. The monoisotopic (exact) mass is 491 g/mol. The Balaban J connectivity index is 1.59. The van der Waals surface area contributed by atoms with E-state index in [1.165, 1.54) is 25.3 Å². The van der Waals surface area contributed by atoms with Gasteiger partial charge in [-0.05, 0) is 24.3 Å². The third kappa shape index (κ3) is 5.78. The molecule has 0 aliphatic carbocycles. The third-order valence-corrected chi connectivity index (χ3v) is 5.66. The van der Waals surface area contributed by atoms with Crippen LogP contribution in [-0.2, 0) is 14.3 Å². The molecular weight excluding hydrogens is 466 g/mol. The Hall–Kier alpha value is -4.44. The van der Waals surface area contributed by atoms with Crippen molar-refractivity contribution < 1.29 is 28.7 Å². The van der Waals surface area contributed by atoms with Crippen molar-refractivity contribution >= 4 is 28.9 Å². The topological polar surface area (TPSA) is 120 Å². The van der Waals surface area contributed by atoms with E-state index < -0.39 is 22.9 Å². The Morgan fingerprint density at radius 1 is 1.03 bits per heavy atom. The number of nitro benzene ring substituents is 1. The average molecular weight is 492 g/mol. The van der Waals surface area contributed by atoms with E-state index in [2.05, 4.69) is 5.32 Å². The normalized spacial score (nSPS) is 14.0. The van der Waals surface area contributed by atoms with Gasteiger partial charge in [0.05, 0.1) is 30.8 Å². The SMILES string of the molecule is COc1cccc(NC(=O)[C@@H](OC(=O)c2ccc(N3CCOCC3)c([N+](=O)[O-])c2)c2ccccc2)c1. The highest BCUT2D eigenvalue weighted by Crippen LogP contribution is 2.31. The summed E-state index contributed by atoms with van der Waals surface area (Å²) in [5.74, 6) is -0.891. The van der Waals surface area contributed by atoms with E-state index in [1.54, 1.807) is 54.6 Å². The van der Waals surface area contributed by atoms with Gasteiger partial charge in [0.1, 0.15) is 11.4 Å². The molecule has 1 saturated heterocycles. The maximum atomic E-state index is 13.2. The number of carbonyl (C=O) groups is 2. The van der Waals surface area contributed by atoms with Crippen molar-refractivity contribution in [2.45, 2.75) is 6.10 Å². The Bertz CT molecular complexity index is 1240. The zero-order valence-corrected chi connectivity index (χ0v) is 19.6. The number of benzene rings is 3. The number of hydrogen-bond acceptors (Lipinski definition) is 8. The van der Waals surface area contributed by atoms with Crippen LogP contribution in [0.1, 0.15) is 22.0 Å². The molecule has 10 nitrogen and oxygen atoms in total. The molecule has 186 valence electrons. The molecule has 4 rings (SSSR count). The molecule has 0 unspecified atom stereocenters. The van der Waals surface area contributed by atoms with E-state index in [0.717, 1.165) is 0 Å². The van der Waals surface area contributed by atoms with Crippen molar-refractivity contribution in [1.82, 2.24) is 0 Å². The highest BCUT2D eigenvalue weighted by molar-refractivity contribution is 5.98. The number of amides is 1. The van der Waals surface area contributed by atoms with E-state index >= 15 is 0 Å². The van der Waals surface area contributed by atoms with E-state index in [9.17, 15) is 19.7 Å². The number of nitrogens with zero attached hydrogens (tertiary/aromatic N) is 2. The van der Waals surface area contributed by atoms with Crippen molar-refractivity contribution in [3.05, 3.63) is 94.0 Å². The lowest BCUT2D eigenvalue weighted by atomic mass is 10.1. The van der Waals surface area contributed by atoms with Crippen LogP contribution in [0.15, 0.2) is 72.8 Å². The van der Waals surface area contributed by atoms with Gasteiger partial charge in [0.25, 0.3) is 11.6 Å². The molecule has 0 spiro atoms. The first-order valence-electron chi connectivity index (χ1n) is 11.3. The average Bonchev–Trinajstić information content (AvgIpc) is 2.92. The lowest BCUT2D eigenvalue weighted by molar-refractivity contribution is -0.384. The summed E-state index contributed by atoms with van der Waals surface area (Å²) in [7, 11) is 1.51. The van der Waals surface area contributed by atoms with Crippen LogP contribution in [0.25, 0.3) is 0 Å². The van der Waals surface area contributed by atoms with Crippen molar-refractivity contribution in [3.8, 4) is 5.75 Å². The van der Waals surface area contributed by atoms with E-state index in [1.807, 2.05) is 4.90 Å². The minimum atomic E-state index is -1.29. The van der Waals surface area contributed by atoms with Gasteiger partial charge in [-0.25, -0.2) is 4.79 Å². The molecule has 1 fully saturated rings. The van der Waals surface area contributed by atoms with Crippen molar-refractivity contribution in [2.24, 2.45) is 0 Å². The fourth-order valence-electron chi connectivity index (χ4n) is 3.85. The molecule has 0 bridgehead atoms. The van der Waals surface area contributed by atoms with E-state index in [4.69, 9.17) is 14.2 Å². The van der Waals surface area contributed by atoms with Crippen LogP contribution in [0.5, 0.6) is 5.75 Å². The first-order valence-corrected chi connectivity index (χ1v) is 11.3. The van der Waals surface area contributed by atoms with Gasteiger partial charge in [-0.15, -0.1) is 0 Å². The molecule has 1 heterocycles. The lowest BCUT2D eigenvalue weighted by Crippen LogP contribution is -2.36. The van der Waals surface area contributed by atoms with E-state index in [-0.39, 0.29) is 11.3 Å². The molecule has 1 amide bonds. The molecule has 3 aromatic carbocycles. The predicted octanol–water partition coefficient (Wildman–Crippen LogP) is 3.98. The molecule has 0 aromatic heterocycles. The Labute approximate surface area is 207 Å². The van der Waals surface area contributed by atoms with Gasteiger partial charge in [-0.3, -0.25) is 14.9 Å². The zero-order chi connectivity index (χ0) is 25.5. The zero-order valence-electron chi connectivity index (χ0n) is 19.6. The van der Waals surface area contributed by atoms with Gasteiger partial charge in [0.15, 0.2) is 0 Å². The van der Waals surface area contributed by atoms with Gasteiger partial charge in [0.2, 0.25) is 6.10 Å². The van der Waals surface area contributed by atoms with Crippen LogP contribution < -0.4 is 15.0 Å². The quantitative estimate of drug-likeness (QED) is 0.285. The van der Waals surface area contributed by atoms with Crippen LogP contribution in [0.2, 0.25) is 0 Å². The number of rotatable bonds is 8. The van der Waals surface area contributed by atoms with Crippen molar-refractivity contribution in [1.29, 1.82) is 0 Å². The summed E-state index contributed by atoms with van der Waals surface area (Å²) < 4.78 is 16.1. The van der Waals surface area contributed by atoms with Gasteiger partial charge in [0, 0.05) is 36.5 Å². The summed E-state index contributed by atoms with van der Waals surface area (Å²) >= 11 is 0. The molecule has 1 aliphatic rings. The molecule has 1 aliphatic heterocycles. The number of ether oxygens (including phenoxy) is 3. The number of morpholine rings is 1. The Morgan fingerprint density at radius 2 is 1.78 bits per heavy atom. The second-order valence-corrected chi connectivity index (χ2v) is 7.98. The first-order chi connectivity index (χ1) is 17.5. The fourth-order valence-corrected chi connectivity index (χ4v) is 3.85. The smallest absolute Gasteiger partial charge is 0.339 e. The minimum absolute atomic E-state index is 0.0335. The summed E-state index contributed by atoms with van der Waals surface area (Å²) in [5, 5.41) is 14.5. The maximum absolute atomic E-state index is 13.2. The summed E-state index contributed by atoms with van der Waals surface area (Å²) in [6.45, 7) is 1.93. The number of nitrogens with one attached hydrogen (secondary N) is 1. The Morgan fingerprint density at radius 3 is 2.47 bits per heavy atom. The van der Waals surface area contributed by atoms with Crippen molar-refractivity contribution in [2.75, 3.05) is 43.6 Å². The number of methoxy groups -OCH3 is 1. The molecule has 3 aromatic rings. The van der Waals surface area contributed by atoms with Crippen LogP contribution in [0, 0.1) is 10.1 Å². The number of nitro groups is 1. The highest BCUT2D eigenvalue weighted by Gasteiger charge is 2.28. The standard InChI is InChI=1S/C26H25N3O7/c1-34-21-9-5-8-20(17-21)27-25(30)24(18-6-3-2-4-7-18)36-26(31)19-10-11-22(23(16-19)29(32)33)28-12-14-35-15-13-28/h2-11,16-17,24H,12-15H2,1H3,(H,27,30)/t24-/m0/s1. The van der Waals surface area contributed by atoms with Gasteiger partial charge < -0.3 is 24.4 Å². The van der Waals surface area contributed by atoms with Crippen LogP contribution in [0.4, 0.5) is 17.1 Å². The highest BCUT2D eigenvalue weighted by atomic mass is 16.6. The van der Waals surface area contributed by atoms with Gasteiger partial charge >= 0.3 is 5.97 Å². The number of esters is 1. The molecule has 1 atom stereocenters.